The molecule has 6 nitrogen and oxygen atoms in total. The lowest BCUT2D eigenvalue weighted by molar-refractivity contribution is -0.110. The Morgan fingerprint density at radius 2 is 1.68 bits per heavy atom. The Hall–Kier alpha value is -3.52. The number of benzene rings is 3. The first kappa shape index (κ1) is 20.7. The summed E-state index contributed by atoms with van der Waals surface area (Å²) >= 11 is 0. The number of halogens is 1. The highest BCUT2D eigenvalue weighted by Gasteiger charge is 2.32. The van der Waals surface area contributed by atoms with Crippen LogP contribution in [0.2, 0.25) is 0 Å². The Morgan fingerprint density at radius 3 is 2.32 bits per heavy atom. The van der Waals surface area contributed by atoms with Crippen molar-refractivity contribution in [2.75, 3.05) is 16.6 Å². The monoisotopic (exact) mass is 437 g/mol. The summed E-state index contributed by atoms with van der Waals surface area (Å²) in [5, 5.41) is 8.75. The smallest absolute Gasteiger partial charge is 0.272 e. The van der Waals surface area contributed by atoms with Crippen LogP contribution < -0.4 is 10.3 Å². The molecule has 0 bridgehead atoms. The van der Waals surface area contributed by atoms with Gasteiger partial charge in [-0.25, -0.2) is 12.8 Å². The van der Waals surface area contributed by atoms with Crippen molar-refractivity contribution in [3.63, 3.8) is 0 Å². The summed E-state index contributed by atoms with van der Waals surface area (Å²) in [6.45, 7) is 0. The molecule has 0 fully saturated rings. The van der Waals surface area contributed by atoms with E-state index in [1.807, 2.05) is 60.7 Å². The van der Waals surface area contributed by atoms with Crippen LogP contribution in [0.15, 0.2) is 88.9 Å². The van der Waals surface area contributed by atoms with Gasteiger partial charge in [0.05, 0.1) is 22.3 Å². The number of carbonyl (C=O) groups excluding carboxylic acids is 1. The van der Waals surface area contributed by atoms with Crippen molar-refractivity contribution in [3.05, 3.63) is 90.2 Å². The van der Waals surface area contributed by atoms with Crippen molar-refractivity contribution in [2.24, 2.45) is 5.10 Å². The molecule has 1 heterocycles. The molecule has 0 radical (unpaired) electrons. The molecule has 0 saturated carbocycles. The molecule has 3 aromatic rings. The van der Waals surface area contributed by atoms with E-state index in [4.69, 9.17) is 0 Å². The standard InChI is InChI=1S/C23H20FN3O3S/c1-31(29,30)18-12-13-19(24)20(14-18)25-23(28)21-15-22(16-8-4-2-5-9-16)27(26-21)17-10-6-3-7-11-17/h2-14,22H,15H2,1H3,(H,25,28)/t22-/m1/s1. The van der Waals surface area contributed by atoms with Crippen molar-refractivity contribution in [1.29, 1.82) is 0 Å². The van der Waals surface area contributed by atoms with E-state index < -0.39 is 21.6 Å². The van der Waals surface area contributed by atoms with Gasteiger partial charge in [-0.05, 0) is 35.9 Å². The SMILES string of the molecule is CS(=O)(=O)c1ccc(F)c(NC(=O)C2=NN(c3ccccc3)[C@@H](c3ccccc3)C2)c1. The van der Waals surface area contributed by atoms with Gasteiger partial charge in [-0.15, -0.1) is 0 Å². The Bertz CT molecular complexity index is 1250. The predicted octanol–water partition coefficient (Wildman–Crippen LogP) is 4.18. The van der Waals surface area contributed by atoms with Crippen LogP contribution in [0.5, 0.6) is 0 Å². The maximum atomic E-state index is 14.2. The van der Waals surface area contributed by atoms with Gasteiger partial charge in [-0.2, -0.15) is 5.10 Å². The van der Waals surface area contributed by atoms with Crippen LogP contribution >= 0.6 is 0 Å². The van der Waals surface area contributed by atoms with Crippen molar-refractivity contribution in [3.8, 4) is 0 Å². The number of nitrogens with one attached hydrogen (secondary N) is 1. The minimum Gasteiger partial charge on any atom is -0.318 e. The number of anilines is 2. The number of hydrazone groups is 1. The molecule has 1 aliphatic rings. The number of nitrogens with zero attached hydrogens (tertiary/aromatic N) is 2. The van der Waals surface area contributed by atoms with Crippen molar-refractivity contribution >= 4 is 32.8 Å². The molecule has 1 amide bonds. The van der Waals surface area contributed by atoms with E-state index in [2.05, 4.69) is 10.4 Å². The Morgan fingerprint density at radius 1 is 1.03 bits per heavy atom. The zero-order valence-corrected chi connectivity index (χ0v) is 17.5. The minimum atomic E-state index is -3.54. The van der Waals surface area contributed by atoms with Crippen LogP contribution in [0, 0.1) is 5.82 Å². The first-order valence-electron chi connectivity index (χ1n) is 9.60. The molecular weight excluding hydrogens is 417 g/mol. The maximum absolute atomic E-state index is 14.2. The van der Waals surface area contributed by atoms with E-state index in [1.165, 1.54) is 0 Å². The number of amides is 1. The molecule has 1 atom stereocenters. The fourth-order valence-electron chi connectivity index (χ4n) is 3.43. The third kappa shape index (κ3) is 4.49. The van der Waals surface area contributed by atoms with E-state index in [0.29, 0.717) is 6.42 Å². The predicted molar refractivity (Wildman–Crippen MR) is 118 cm³/mol. The van der Waals surface area contributed by atoms with Crippen LogP contribution in [-0.4, -0.2) is 26.3 Å². The lowest BCUT2D eigenvalue weighted by atomic mass is 10.0. The first-order chi connectivity index (χ1) is 14.8. The summed E-state index contributed by atoms with van der Waals surface area (Å²) < 4.78 is 37.8. The molecule has 0 spiro atoms. The third-order valence-electron chi connectivity index (χ3n) is 4.99. The second-order valence-electron chi connectivity index (χ2n) is 7.23. The molecule has 0 unspecified atom stereocenters. The van der Waals surface area contributed by atoms with Crippen LogP contribution in [-0.2, 0) is 14.6 Å². The Kier molecular flexibility index (Phi) is 5.56. The molecule has 3 aromatic carbocycles. The highest BCUT2D eigenvalue weighted by molar-refractivity contribution is 7.90. The minimum absolute atomic E-state index is 0.0781. The molecular formula is C23H20FN3O3S. The van der Waals surface area contributed by atoms with Crippen LogP contribution in [0.1, 0.15) is 18.0 Å². The molecule has 1 aliphatic heterocycles. The highest BCUT2D eigenvalue weighted by Crippen LogP contribution is 2.35. The van der Waals surface area contributed by atoms with Gasteiger partial charge >= 0.3 is 0 Å². The largest absolute Gasteiger partial charge is 0.318 e. The molecule has 0 aliphatic carbocycles. The molecule has 31 heavy (non-hydrogen) atoms. The summed E-state index contributed by atoms with van der Waals surface area (Å²) in [7, 11) is -3.54. The normalized spacial score (nSPS) is 16.1. The quantitative estimate of drug-likeness (QED) is 0.608. The summed E-state index contributed by atoms with van der Waals surface area (Å²) in [6.07, 6.45) is 1.34. The third-order valence-corrected chi connectivity index (χ3v) is 6.10. The summed E-state index contributed by atoms with van der Waals surface area (Å²) in [6, 6.07) is 22.2. The average Bonchev–Trinajstić information content (AvgIpc) is 3.21. The van der Waals surface area contributed by atoms with Crippen LogP contribution in [0.25, 0.3) is 0 Å². The van der Waals surface area contributed by atoms with Crippen molar-refractivity contribution < 1.29 is 17.6 Å². The number of rotatable bonds is 5. The maximum Gasteiger partial charge on any atom is 0.272 e. The van der Waals surface area contributed by atoms with Crippen molar-refractivity contribution in [1.82, 2.24) is 0 Å². The second kappa shape index (κ2) is 8.31. The molecule has 158 valence electrons. The van der Waals surface area contributed by atoms with Gasteiger partial charge in [-0.3, -0.25) is 9.80 Å². The van der Waals surface area contributed by atoms with Gasteiger partial charge in [0.2, 0.25) is 0 Å². The summed E-state index contributed by atoms with van der Waals surface area (Å²) in [4.78, 5) is 12.8. The van der Waals surface area contributed by atoms with Gasteiger partial charge in [0.15, 0.2) is 9.84 Å². The van der Waals surface area contributed by atoms with E-state index in [1.54, 1.807) is 5.01 Å². The van der Waals surface area contributed by atoms with E-state index in [0.717, 1.165) is 35.7 Å². The number of sulfone groups is 1. The van der Waals surface area contributed by atoms with Crippen LogP contribution in [0.3, 0.4) is 0 Å². The number of hydrogen-bond acceptors (Lipinski definition) is 5. The lowest BCUT2D eigenvalue weighted by Gasteiger charge is -2.23. The van der Waals surface area contributed by atoms with Crippen molar-refractivity contribution in [2.45, 2.75) is 17.4 Å². The van der Waals surface area contributed by atoms with Gasteiger partial charge in [0, 0.05) is 12.7 Å². The van der Waals surface area contributed by atoms with Crippen LogP contribution in [0.4, 0.5) is 15.8 Å². The average molecular weight is 437 g/mol. The second-order valence-corrected chi connectivity index (χ2v) is 9.24. The molecule has 0 saturated heterocycles. The fraction of sp³-hybridized carbons (Fsp3) is 0.130. The van der Waals surface area contributed by atoms with Gasteiger partial charge in [0.1, 0.15) is 11.5 Å². The number of hydrogen-bond donors (Lipinski definition) is 1. The molecule has 4 rings (SSSR count). The van der Waals surface area contributed by atoms with Gasteiger partial charge in [-0.1, -0.05) is 48.5 Å². The highest BCUT2D eigenvalue weighted by atomic mass is 32.2. The van der Waals surface area contributed by atoms with E-state index in [9.17, 15) is 17.6 Å². The van der Waals surface area contributed by atoms with E-state index in [-0.39, 0.29) is 22.3 Å². The Balaban J connectivity index is 1.64. The zero-order valence-electron chi connectivity index (χ0n) is 16.7. The number of carbonyl (C=O) groups is 1. The number of para-hydroxylation sites is 1. The molecule has 8 heteroatoms. The van der Waals surface area contributed by atoms with E-state index >= 15 is 0 Å². The first-order valence-corrected chi connectivity index (χ1v) is 11.5. The molecule has 1 N–H and O–H groups in total. The summed E-state index contributed by atoms with van der Waals surface area (Å²) in [5.74, 6) is -1.30. The van der Waals surface area contributed by atoms with Gasteiger partial charge < -0.3 is 5.32 Å². The lowest BCUT2D eigenvalue weighted by Crippen LogP contribution is -2.22. The fourth-order valence-corrected chi connectivity index (χ4v) is 4.07. The zero-order chi connectivity index (χ0) is 22.0. The Labute approximate surface area is 179 Å². The summed E-state index contributed by atoms with van der Waals surface area (Å²) in [5.41, 5.74) is 1.83. The van der Waals surface area contributed by atoms with Gasteiger partial charge in [0.25, 0.3) is 5.91 Å². The molecule has 0 aromatic heterocycles. The topological polar surface area (TPSA) is 78.8 Å².